The number of hydrogen-bond donors (Lipinski definition) is 0. The number of fused-ring (bicyclic) bond motifs is 2. The van der Waals surface area contributed by atoms with Crippen LogP contribution in [0.25, 0.3) is 0 Å². The first-order valence-corrected chi connectivity index (χ1v) is 7.31. The van der Waals surface area contributed by atoms with Crippen molar-refractivity contribution in [3.05, 3.63) is 35.4 Å². The smallest absolute Gasteiger partial charge is 0.184 e. The summed E-state index contributed by atoms with van der Waals surface area (Å²) in [7, 11) is 1.73. The number of rotatable bonds is 4. The van der Waals surface area contributed by atoms with E-state index in [1.165, 1.54) is 30.5 Å². The summed E-state index contributed by atoms with van der Waals surface area (Å²) in [6.07, 6.45) is 3.41. The van der Waals surface area contributed by atoms with Crippen LogP contribution in [0.4, 0.5) is 0 Å². The Hall–Kier alpha value is -0.900. The van der Waals surface area contributed by atoms with Crippen LogP contribution in [0.1, 0.15) is 43.6 Å². The van der Waals surface area contributed by atoms with Crippen LogP contribution in [0.15, 0.2) is 24.3 Å². The van der Waals surface area contributed by atoms with Crippen molar-refractivity contribution in [2.45, 2.75) is 38.1 Å². The molecule has 3 heteroatoms. The second-order valence-electron chi connectivity index (χ2n) is 5.65. The van der Waals surface area contributed by atoms with Crippen LogP contribution in [-0.2, 0) is 15.1 Å². The minimum atomic E-state index is -0.192. The number of unbranched alkanes of at least 4 members (excludes halogenated alkanes) is 1. The van der Waals surface area contributed by atoms with E-state index in [-0.39, 0.29) is 11.9 Å². The van der Waals surface area contributed by atoms with Crippen molar-refractivity contribution in [2.75, 3.05) is 26.7 Å². The molecule has 1 fully saturated rings. The fraction of sp³-hybridized carbons (Fsp3) is 0.625. The highest BCUT2D eigenvalue weighted by Crippen LogP contribution is 2.48. The Morgan fingerprint density at radius 1 is 1.42 bits per heavy atom. The molecule has 0 amide bonds. The van der Waals surface area contributed by atoms with Gasteiger partial charge >= 0.3 is 0 Å². The molecule has 0 aromatic heterocycles. The highest BCUT2D eigenvalue weighted by molar-refractivity contribution is 5.38. The first kappa shape index (κ1) is 13.1. The lowest BCUT2D eigenvalue weighted by atomic mass is 9.91. The van der Waals surface area contributed by atoms with Gasteiger partial charge in [-0.3, -0.25) is 4.90 Å². The monoisotopic (exact) mass is 261 g/mol. The Labute approximate surface area is 115 Å². The average Bonchev–Trinajstić information content (AvgIpc) is 3.00. The number of likely N-dealkylation sites (tertiary alicyclic amines) is 1. The molecule has 2 atom stereocenters. The van der Waals surface area contributed by atoms with Gasteiger partial charge in [-0.05, 0) is 24.9 Å². The zero-order valence-corrected chi connectivity index (χ0v) is 11.9. The fourth-order valence-corrected chi connectivity index (χ4v) is 3.37. The van der Waals surface area contributed by atoms with Crippen molar-refractivity contribution < 1.29 is 9.47 Å². The summed E-state index contributed by atoms with van der Waals surface area (Å²) < 4.78 is 11.8. The topological polar surface area (TPSA) is 21.7 Å². The van der Waals surface area contributed by atoms with Crippen LogP contribution in [0.5, 0.6) is 0 Å². The first-order valence-electron chi connectivity index (χ1n) is 7.31. The summed E-state index contributed by atoms with van der Waals surface area (Å²) >= 11 is 0. The van der Waals surface area contributed by atoms with Crippen LogP contribution < -0.4 is 0 Å². The van der Waals surface area contributed by atoms with Crippen molar-refractivity contribution in [3.8, 4) is 0 Å². The van der Waals surface area contributed by atoms with Crippen molar-refractivity contribution >= 4 is 0 Å². The molecule has 2 aliphatic rings. The van der Waals surface area contributed by atoms with E-state index in [1.54, 1.807) is 7.11 Å². The molecule has 3 nitrogen and oxygen atoms in total. The first-order chi connectivity index (χ1) is 9.29. The molecule has 0 bridgehead atoms. The summed E-state index contributed by atoms with van der Waals surface area (Å²) in [5.74, 6) is 0. The third kappa shape index (κ3) is 2.20. The van der Waals surface area contributed by atoms with Crippen LogP contribution in [0.2, 0.25) is 0 Å². The number of benzene rings is 1. The van der Waals surface area contributed by atoms with Crippen molar-refractivity contribution in [2.24, 2.45) is 0 Å². The average molecular weight is 261 g/mol. The Kier molecular flexibility index (Phi) is 3.61. The number of ether oxygens (including phenoxy) is 2. The molecule has 0 N–H and O–H groups in total. The van der Waals surface area contributed by atoms with E-state index < -0.39 is 0 Å². The molecule has 1 saturated heterocycles. The van der Waals surface area contributed by atoms with Gasteiger partial charge in [-0.15, -0.1) is 0 Å². The fourth-order valence-electron chi connectivity index (χ4n) is 3.37. The molecule has 1 aromatic carbocycles. The minimum absolute atomic E-state index is 0.134. The number of methoxy groups -OCH3 is 1. The summed E-state index contributed by atoms with van der Waals surface area (Å²) in [6, 6.07) is 8.51. The van der Waals surface area contributed by atoms with Crippen LogP contribution in [0, 0.1) is 0 Å². The van der Waals surface area contributed by atoms with Crippen molar-refractivity contribution in [3.63, 3.8) is 0 Å². The van der Waals surface area contributed by atoms with E-state index in [9.17, 15) is 0 Å². The highest BCUT2D eigenvalue weighted by atomic mass is 16.7. The third-order valence-corrected chi connectivity index (χ3v) is 4.39. The van der Waals surface area contributed by atoms with Gasteiger partial charge in [-0.25, -0.2) is 0 Å². The van der Waals surface area contributed by atoms with Gasteiger partial charge in [0, 0.05) is 25.8 Å². The lowest BCUT2D eigenvalue weighted by molar-refractivity contribution is -0.183. The molecule has 0 aliphatic carbocycles. The van der Waals surface area contributed by atoms with Crippen LogP contribution in [-0.4, -0.2) is 31.6 Å². The van der Waals surface area contributed by atoms with Gasteiger partial charge in [0.1, 0.15) is 5.60 Å². The van der Waals surface area contributed by atoms with Gasteiger partial charge in [-0.1, -0.05) is 37.6 Å². The largest absolute Gasteiger partial charge is 0.352 e. The lowest BCUT2D eigenvalue weighted by Gasteiger charge is -2.25. The molecule has 0 unspecified atom stereocenters. The molecule has 104 valence electrons. The summed E-state index contributed by atoms with van der Waals surface area (Å²) in [6.45, 7) is 5.56. The maximum atomic E-state index is 6.28. The van der Waals surface area contributed by atoms with Crippen LogP contribution in [0.3, 0.4) is 0 Å². The van der Waals surface area contributed by atoms with Gasteiger partial charge in [0.05, 0.1) is 0 Å². The van der Waals surface area contributed by atoms with E-state index in [0.29, 0.717) is 0 Å². The Balaban J connectivity index is 1.83. The van der Waals surface area contributed by atoms with E-state index in [0.717, 1.165) is 19.5 Å². The Morgan fingerprint density at radius 2 is 2.26 bits per heavy atom. The number of hydrogen-bond acceptors (Lipinski definition) is 3. The molecular formula is C16H23NO2. The summed E-state index contributed by atoms with van der Waals surface area (Å²) in [5.41, 5.74) is 2.41. The zero-order chi connectivity index (χ0) is 13.3. The Morgan fingerprint density at radius 3 is 3.05 bits per heavy atom. The molecule has 2 aliphatic heterocycles. The maximum absolute atomic E-state index is 6.28. The van der Waals surface area contributed by atoms with E-state index >= 15 is 0 Å². The lowest BCUT2D eigenvalue weighted by Crippen LogP contribution is -2.31. The SMILES string of the molecule is CCCCN1CC[C@]2(C1)O[C@H](OC)c1ccccc12. The molecule has 0 saturated carbocycles. The van der Waals surface area contributed by atoms with Gasteiger partial charge in [0.25, 0.3) is 0 Å². The van der Waals surface area contributed by atoms with Gasteiger partial charge in [0.15, 0.2) is 6.29 Å². The van der Waals surface area contributed by atoms with Gasteiger partial charge in [-0.2, -0.15) is 0 Å². The van der Waals surface area contributed by atoms with Gasteiger partial charge in [0.2, 0.25) is 0 Å². The highest BCUT2D eigenvalue weighted by Gasteiger charge is 2.49. The Bertz CT molecular complexity index is 448. The molecular weight excluding hydrogens is 238 g/mol. The molecule has 3 rings (SSSR count). The zero-order valence-electron chi connectivity index (χ0n) is 11.9. The second kappa shape index (κ2) is 5.23. The molecule has 19 heavy (non-hydrogen) atoms. The second-order valence-corrected chi connectivity index (χ2v) is 5.65. The molecule has 0 radical (unpaired) electrons. The van der Waals surface area contributed by atoms with Crippen LogP contribution >= 0.6 is 0 Å². The number of nitrogens with zero attached hydrogens (tertiary/aromatic N) is 1. The van der Waals surface area contributed by atoms with E-state index in [1.807, 2.05) is 0 Å². The molecule has 1 aromatic rings. The van der Waals surface area contributed by atoms with Crippen molar-refractivity contribution in [1.82, 2.24) is 4.90 Å². The predicted molar refractivity (Wildman–Crippen MR) is 74.9 cm³/mol. The molecule has 2 heterocycles. The molecule has 1 spiro atoms. The third-order valence-electron chi connectivity index (χ3n) is 4.39. The van der Waals surface area contributed by atoms with Gasteiger partial charge < -0.3 is 9.47 Å². The standard InChI is InChI=1S/C16H23NO2/c1-3-4-10-17-11-9-16(12-17)14-8-6-5-7-13(14)15(18-2)19-16/h5-8,15H,3-4,9-12H2,1-2H3/t15-,16+/m0/s1. The van der Waals surface area contributed by atoms with Crippen molar-refractivity contribution in [1.29, 1.82) is 0 Å². The quantitative estimate of drug-likeness (QED) is 0.831. The van der Waals surface area contributed by atoms with E-state index in [4.69, 9.17) is 9.47 Å². The minimum Gasteiger partial charge on any atom is -0.352 e. The summed E-state index contributed by atoms with van der Waals surface area (Å²) in [5, 5.41) is 0. The maximum Gasteiger partial charge on any atom is 0.184 e. The predicted octanol–water partition coefficient (Wildman–Crippen LogP) is 3.06. The normalized spacial score (nSPS) is 30.1. The summed E-state index contributed by atoms with van der Waals surface area (Å²) in [4.78, 5) is 2.53. The van der Waals surface area contributed by atoms with E-state index in [2.05, 4.69) is 36.1 Å².